The van der Waals surface area contributed by atoms with Crippen LogP contribution in [0.3, 0.4) is 0 Å². The summed E-state index contributed by atoms with van der Waals surface area (Å²) in [6.45, 7) is 0. The minimum absolute atomic E-state index is 0.617. The zero-order valence-electron chi connectivity index (χ0n) is 23.1. The van der Waals surface area contributed by atoms with E-state index in [1.807, 2.05) is 97.1 Å². The molecule has 2 aromatic heterocycles. The summed E-state index contributed by atoms with van der Waals surface area (Å²) >= 11 is 0. The van der Waals surface area contributed by atoms with Gasteiger partial charge < -0.3 is 4.42 Å². The minimum atomic E-state index is 0.617. The van der Waals surface area contributed by atoms with E-state index in [-0.39, 0.29) is 0 Å². The van der Waals surface area contributed by atoms with Gasteiger partial charge in [-0.15, -0.1) is 0 Å². The normalized spacial score (nSPS) is 11.3. The summed E-state index contributed by atoms with van der Waals surface area (Å²) in [6, 6.07) is 48.9. The van der Waals surface area contributed by atoms with Crippen molar-refractivity contribution >= 4 is 21.9 Å². The van der Waals surface area contributed by atoms with Crippen LogP contribution < -0.4 is 0 Å². The lowest BCUT2D eigenvalue weighted by Gasteiger charge is -2.13. The van der Waals surface area contributed by atoms with Gasteiger partial charge in [-0.3, -0.25) is 0 Å². The molecule has 0 aliphatic heterocycles. The first-order valence-electron chi connectivity index (χ1n) is 14.2. The lowest BCUT2D eigenvalue weighted by Crippen LogP contribution is -2.00. The van der Waals surface area contributed by atoms with Crippen molar-refractivity contribution in [3.05, 3.63) is 146 Å². The highest BCUT2D eigenvalue weighted by atomic mass is 16.3. The van der Waals surface area contributed by atoms with Crippen LogP contribution in [-0.4, -0.2) is 19.9 Å². The molecule has 0 aliphatic carbocycles. The number of oxazole rings is 1. The summed E-state index contributed by atoms with van der Waals surface area (Å²) in [4.78, 5) is 19.6. The molecule has 0 unspecified atom stereocenters. The maximum absolute atomic E-state index is 6.07. The summed E-state index contributed by atoms with van der Waals surface area (Å²) < 4.78 is 6.07. The van der Waals surface area contributed by atoms with Gasteiger partial charge in [0.1, 0.15) is 5.52 Å². The second kappa shape index (κ2) is 10.5. The number of benzene rings is 6. The maximum Gasteiger partial charge on any atom is 0.227 e. The third kappa shape index (κ3) is 4.63. The molecular weight excluding hydrogens is 528 g/mol. The molecule has 43 heavy (non-hydrogen) atoms. The van der Waals surface area contributed by atoms with E-state index in [2.05, 4.69) is 48.5 Å². The molecule has 0 amide bonds. The number of hydrogen-bond acceptors (Lipinski definition) is 5. The Bertz CT molecular complexity index is 2170. The fourth-order valence-electron chi connectivity index (χ4n) is 5.47. The van der Waals surface area contributed by atoms with Gasteiger partial charge in [0, 0.05) is 22.3 Å². The highest BCUT2D eigenvalue weighted by molar-refractivity contribution is 6.05. The Balaban J connectivity index is 1.28. The Morgan fingerprint density at radius 2 is 0.884 bits per heavy atom. The molecule has 2 heterocycles. The van der Waals surface area contributed by atoms with E-state index < -0.39 is 0 Å². The molecule has 202 valence electrons. The van der Waals surface area contributed by atoms with Gasteiger partial charge in [-0.05, 0) is 52.2 Å². The van der Waals surface area contributed by atoms with Crippen LogP contribution in [0.25, 0.3) is 78.6 Å². The summed E-state index contributed by atoms with van der Waals surface area (Å²) in [5.74, 6) is 2.53. The second-order valence-corrected chi connectivity index (χ2v) is 10.3. The van der Waals surface area contributed by atoms with Gasteiger partial charge >= 0.3 is 0 Å². The molecular formula is C38H24N4O. The van der Waals surface area contributed by atoms with Crippen LogP contribution >= 0.6 is 0 Å². The maximum atomic E-state index is 6.07. The van der Waals surface area contributed by atoms with Gasteiger partial charge in [0.05, 0.1) is 0 Å². The van der Waals surface area contributed by atoms with E-state index in [9.17, 15) is 0 Å². The highest BCUT2D eigenvalue weighted by Gasteiger charge is 2.17. The average molecular weight is 553 g/mol. The standard InChI is InChI=1S/C38H24N4O/c1-4-12-25(13-5-1)35-40-36(26-14-6-2-7-15-26)42-37(41-35)32-22-21-29(30-18-10-11-19-31(30)32)28-20-23-34-33(24-28)39-38(43-34)27-16-8-3-9-17-27/h1-24H. The van der Waals surface area contributed by atoms with Crippen molar-refractivity contribution < 1.29 is 4.42 Å². The number of nitrogens with zero attached hydrogens (tertiary/aromatic N) is 4. The molecule has 0 spiro atoms. The lowest BCUT2D eigenvalue weighted by atomic mass is 9.94. The van der Waals surface area contributed by atoms with Crippen LogP contribution in [0.1, 0.15) is 0 Å². The van der Waals surface area contributed by atoms with Crippen molar-refractivity contribution in [1.29, 1.82) is 0 Å². The third-order valence-electron chi connectivity index (χ3n) is 7.58. The number of rotatable bonds is 5. The summed E-state index contributed by atoms with van der Waals surface area (Å²) in [5, 5.41) is 2.17. The van der Waals surface area contributed by atoms with Crippen LogP contribution in [0.5, 0.6) is 0 Å². The molecule has 0 fully saturated rings. The Morgan fingerprint density at radius 3 is 1.51 bits per heavy atom. The smallest absolute Gasteiger partial charge is 0.227 e. The molecule has 8 rings (SSSR count). The molecule has 0 aliphatic rings. The molecule has 0 saturated heterocycles. The topological polar surface area (TPSA) is 64.7 Å². The molecule has 0 radical (unpaired) electrons. The van der Waals surface area contributed by atoms with Crippen LogP contribution in [0.2, 0.25) is 0 Å². The zero-order chi connectivity index (χ0) is 28.6. The van der Waals surface area contributed by atoms with Gasteiger partial charge in [0.15, 0.2) is 23.1 Å². The van der Waals surface area contributed by atoms with Crippen molar-refractivity contribution in [3.8, 4) is 56.7 Å². The van der Waals surface area contributed by atoms with E-state index in [1.54, 1.807) is 0 Å². The Morgan fingerprint density at radius 1 is 0.372 bits per heavy atom. The quantitative estimate of drug-likeness (QED) is 0.213. The van der Waals surface area contributed by atoms with Crippen LogP contribution in [0.4, 0.5) is 0 Å². The van der Waals surface area contributed by atoms with E-state index in [4.69, 9.17) is 24.4 Å². The molecule has 0 N–H and O–H groups in total. The monoisotopic (exact) mass is 552 g/mol. The lowest BCUT2D eigenvalue weighted by molar-refractivity contribution is 0.620. The van der Waals surface area contributed by atoms with Crippen LogP contribution in [-0.2, 0) is 0 Å². The highest BCUT2D eigenvalue weighted by Crippen LogP contribution is 2.37. The summed E-state index contributed by atoms with van der Waals surface area (Å²) in [7, 11) is 0. The summed E-state index contributed by atoms with van der Waals surface area (Å²) in [5.41, 5.74) is 7.54. The molecule has 0 atom stereocenters. The van der Waals surface area contributed by atoms with Crippen LogP contribution in [0, 0.1) is 0 Å². The van der Waals surface area contributed by atoms with Gasteiger partial charge in [0.25, 0.3) is 0 Å². The first kappa shape index (κ1) is 24.8. The Kier molecular flexibility index (Phi) is 6.05. The van der Waals surface area contributed by atoms with Crippen LogP contribution in [0.15, 0.2) is 150 Å². The SMILES string of the molecule is c1ccc(-c2nc(-c3ccccc3)nc(-c3ccc(-c4ccc5oc(-c6ccccc6)nc5c4)c4ccccc34)n2)cc1. The molecule has 5 nitrogen and oxygen atoms in total. The number of fused-ring (bicyclic) bond motifs is 2. The third-order valence-corrected chi connectivity index (χ3v) is 7.58. The fourth-order valence-corrected chi connectivity index (χ4v) is 5.47. The predicted molar refractivity (Wildman–Crippen MR) is 172 cm³/mol. The molecule has 0 saturated carbocycles. The number of aromatic nitrogens is 4. The van der Waals surface area contributed by atoms with Crippen molar-refractivity contribution in [2.75, 3.05) is 0 Å². The second-order valence-electron chi connectivity index (χ2n) is 10.3. The van der Waals surface area contributed by atoms with E-state index in [0.29, 0.717) is 23.4 Å². The first-order valence-corrected chi connectivity index (χ1v) is 14.2. The molecule has 8 aromatic rings. The molecule has 6 aromatic carbocycles. The zero-order valence-corrected chi connectivity index (χ0v) is 23.1. The first-order chi connectivity index (χ1) is 21.3. The molecule has 0 bridgehead atoms. The predicted octanol–water partition coefficient (Wildman–Crippen LogP) is 9.50. The Hall–Kier alpha value is -5.94. The number of hydrogen-bond donors (Lipinski definition) is 0. The Labute approximate surface area is 248 Å². The van der Waals surface area contributed by atoms with E-state index in [1.165, 1.54) is 0 Å². The summed E-state index contributed by atoms with van der Waals surface area (Å²) in [6.07, 6.45) is 0. The van der Waals surface area contributed by atoms with E-state index in [0.717, 1.165) is 55.3 Å². The minimum Gasteiger partial charge on any atom is -0.436 e. The van der Waals surface area contributed by atoms with Crippen molar-refractivity contribution in [3.63, 3.8) is 0 Å². The van der Waals surface area contributed by atoms with E-state index >= 15 is 0 Å². The van der Waals surface area contributed by atoms with Gasteiger partial charge in [-0.2, -0.15) is 0 Å². The molecule has 5 heteroatoms. The van der Waals surface area contributed by atoms with Gasteiger partial charge in [-0.1, -0.05) is 115 Å². The van der Waals surface area contributed by atoms with Gasteiger partial charge in [0.2, 0.25) is 5.89 Å². The van der Waals surface area contributed by atoms with Crippen molar-refractivity contribution in [2.24, 2.45) is 0 Å². The largest absolute Gasteiger partial charge is 0.436 e. The van der Waals surface area contributed by atoms with Crippen molar-refractivity contribution in [1.82, 2.24) is 19.9 Å². The fraction of sp³-hybridized carbons (Fsp3) is 0. The van der Waals surface area contributed by atoms with Gasteiger partial charge in [-0.25, -0.2) is 19.9 Å². The average Bonchev–Trinajstić information content (AvgIpc) is 3.52. The van der Waals surface area contributed by atoms with Crippen molar-refractivity contribution in [2.45, 2.75) is 0 Å².